The first-order valence-corrected chi connectivity index (χ1v) is 12.5. The third kappa shape index (κ3) is 4.40. The van der Waals surface area contributed by atoms with Crippen molar-refractivity contribution in [3.63, 3.8) is 0 Å². The number of esters is 1. The van der Waals surface area contributed by atoms with Gasteiger partial charge in [-0.2, -0.15) is 5.26 Å². The van der Waals surface area contributed by atoms with Crippen molar-refractivity contribution < 1.29 is 14.3 Å². The highest BCUT2D eigenvalue weighted by Gasteiger charge is 2.23. The fraction of sp³-hybridized carbons (Fsp3) is 0.250. The third-order valence-corrected chi connectivity index (χ3v) is 7.76. The summed E-state index contributed by atoms with van der Waals surface area (Å²) in [5.74, 6) is -1.27. The van der Waals surface area contributed by atoms with E-state index in [1.807, 2.05) is 24.3 Å². The van der Waals surface area contributed by atoms with E-state index in [-0.39, 0.29) is 5.69 Å². The van der Waals surface area contributed by atoms with Crippen LogP contribution in [0.2, 0.25) is 0 Å². The van der Waals surface area contributed by atoms with E-state index in [2.05, 4.69) is 26.3 Å². The Morgan fingerprint density at radius 3 is 2.76 bits per heavy atom. The number of thiophene rings is 1. The summed E-state index contributed by atoms with van der Waals surface area (Å²) in [6.45, 7) is -0.498. The zero-order valence-corrected chi connectivity index (χ0v) is 19.7. The van der Waals surface area contributed by atoms with Crippen LogP contribution in [-0.4, -0.2) is 33.4 Å². The lowest BCUT2D eigenvalue weighted by Gasteiger charge is -2.07. The highest BCUT2D eigenvalue weighted by Crippen LogP contribution is 2.37. The van der Waals surface area contributed by atoms with E-state index < -0.39 is 18.5 Å². The normalized spacial score (nSPS) is 13.0. The van der Waals surface area contributed by atoms with E-state index in [0.29, 0.717) is 21.3 Å². The average Bonchev–Trinajstić information content (AvgIpc) is 3.35. The monoisotopic (exact) mass is 489 g/mol. The molecule has 10 heteroatoms. The van der Waals surface area contributed by atoms with Crippen molar-refractivity contribution in [1.29, 1.82) is 5.26 Å². The van der Waals surface area contributed by atoms with Crippen LogP contribution in [0.25, 0.3) is 20.9 Å². The van der Waals surface area contributed by atoms with Crippen molar-refractivity contribution >= 4 is 49.8 Å². The molecule has 0 aliphatic heterocycles. The first-order chi connectivity index (χ1) is 16.6. The number of nitrogens with one attached hydrogen (secondary N) is 1. The molecule has 3 heterocycles. The molecule has 8 nitrogen and oxygen atoms in total. The van der Waals surface area contributed by atoms with Gasteiger partial charge in [-0.3, -0.25) is 4.79 Å². The maximum atomic E-state index is 12.8. The molecule has 170 valence electrons. The molecule has 1 aromatic carbocycles. The molecule has 5 rings (SSSR count). The van der Waals surface area contributed by atoms with Gasteiger partial charge in [-0.1, -0.05) is 18.6 Å². The predicted molar refractivity (Wildman–Crippen MR) is 130 cm³/mol. The number of benzene rings is 1. The number of carbonyl (C=O) groups is 2. The van der Waals surface area contributed by atoms with Crippen LogP contribution in [0.4, 0.5) is 5.00 Å². The second-order valence-corrected chi connectivity index (χ2v) is 9.88. The molecule has 1 amide bonds. The number of hydrogen-bond acceptors (Lipinski definition) is 9. The number of ether oxygens (including phenoxy) is 1. The Morgan fingerprint density at radius 2 is 1.91 bits per heavy atom. The standard InChI is InChI=1S/C24H19N5O3S2/c25-12-15-14-6-2-1-3-8-17(14)33-22(15)29-19(30)13-32-24(31)21-20(26-10-11-27-21)23-28-16-7-4-5-9-18(16)34-23/h4-5,7,9-11H,1-3,6,8,13H2,(H,29,30). The van der Waals surface area contributed by atoms with Gasteiger partial charge in [0.05, 0.1) is 15.8 Å². The number of nitrogens with zero attached hydrogens (tertiary/aromatic N) is 4. The molecule has 0 bridgehead atoms. The topological polar surface area (TPSA) is 118 Å². The van der Waals surface area contributed by atoms with Gasteiger partial charge in [0, 0.05) is 17.3 Å². The van der Waals surface area contributed by atoms with Crippen molar-refractivity contribution in [2.45, 2.75) is 32.1 Å². The number of fused-ring (bicyclic) bond motifs is 2. The van der Waals surface area contributed by atoms with Crippen LogP contribution in [0.3, 0.4) is 0 Å². The number of rotatable bonds is 5. The average molecular weight is 490 g/mol. The van der Waals surface area contributed by atoms with Crippen molar-refractivity contribution in [1.82, 2.24) is 15.0 Å². The molecule has 1 N–H and O–H groups in total. The number of nitriles is 1. The quantitative estimate of drug-likeness (QED) is 0.317. The zero-order chi connectivity index (χ0) is 23.5. The molecule has 4 aromatic rings. The van der Waals surface area contributed by atoms with Crippen LogP contribution in [0.5, 0.6) is 0 Å². The highest BCUT2D eigenvalue weighted by atomic mass is 32.1. The molecule has 3 aromatic heterocycles. The molecule has 0 atom stereocenters. The fourth-order valence-electron chi connectivity index (χ4n) is 3.93. The maximum Gasteiger partial charge on any atom is 0.359 e. The minimum atomic E-state index is -0.764. The van der Waals surface area contributed by atoms with E-state index in [1.165, 1.54) is 35.1 Å². The fourth-order valence-corrected chi connectivity index (χ4v) is 6.15. The van der Waals surface area contributed by atoms with Gasteiger partial charge in [0.15, 0.2) is 12.3 Å². The third-order valence-electron chi connectivity index (χ3n) is 5.51. The summed E-state index contributed by atoms with van der Waals surface area (Å²) in [6.07, 6.45) is 7.91. The molecule has 0 spiro atoms. The van der Waals surface area contributed by atoms with Crippen LogP contribution >= 0.6 is 22.7 Å². The molecule has 0 fully saturated rings. The number of aromatic nitrogens is 3. The summed E-state index contributed by atoms with van der Waals surface area (Å²) in [7, 11) is 0. The lowest BCUT2D eigenvalue weighted by molar-refractivity contribution is -0.119. The summed E-state index contributed by atoms with van der Waals surface area (Å²) in [5, 5.41) is 13.4. The number of anilines is 1. The molecule has 0 saturated heterocycles. The van der Waals surface area contributed by atoms with Crippen molar-refractivity contribution in [2.75, 3.05) is 11.9 Å². The molecule has 1 aliphatic carbocycles. The molecular weight excluding hydrogens is 470 g/mol. The summed E-state index contributed by atoms with van der Waals surface area (Å²) >= 11 is 2.83. The lowest BCUT2D eigenvalue weighted by atomic mass is 10.1. The Bertz CT molecular complexity index is 1400. The van der Waals surface area contributed by atoms with Gasteiger partial charge in [-0.15, -0.1) is 22.7 Å². The van der Waals surface area contributed by atoms with E-state index in [9.17, 15) is 14.9 Å². The predicted octanol–water partition coefficient (Wildman–Crippen LogP) is 4.75. The number of hydrogen-bond donors (Lipinski definition) is 1. The summed E-state index contributed by atoms with van der Waals surface area (Å²) < 4.78 is 6.20. The van der Waals surface area contributed by atoms with E-state index in [0.717, 1.165) is 52.8 Å². The Kier molecular flexibility index (Phi) is 6.29. The number of thiazole rings is 1. The molecular formula is C24H19N5O3S2. The van der Waals surface area contributed by atoms with Crippen LogP contribution in [0.15, 0.2) is 36.7 Å². The van der Waals surface area contributed by atoms with Crippen molar-refractivity contribution in [3.8, 4) is 16.8 Å². The first kappa shape index (κ1) is 22.1. The first-order valence-electron chi connectivity index (χ1n) is 10.8. The van der Waals surface area contributed by atoms with Gasteiger partial charge in [0.2, 0.25) is 0 Å². The summed E-state index contributed by atoms with van der Waals surface area (Å²) in [4.78, 5) is 39.4. The zero-order valence-electron chi connectivity index (χ0n) is 18.0. The van der Waals surface area contributed by atoms with Gasteiger partial charge in [0.1, 0.15) is 21.8 Å². The van der Waals surface area contributed by atoms with E-state index in [4.69, 9.17) is 4.74 Å². The minimum absolute atomic E-state index is 0.00472. The van der Waals surface area contributed by atoms with Gasteiger partial charge in [0.25, 0.3) is 5.91 Å². The second-order valence-electron chi connectivity index (χ2n) is 7.74. The van der Waals surface area contributed by atoms with E-state index >= 15 is 0 Å². The Hall–Kier alpha value is -3.68. The van der Waals surface area contributed by atoms with Crippen LogP contribution in [-0.2, 0) is 22.4 Å². The van der Waals surface area contributed by atoms with E-state index in [1.54, 1.807) is 0 Å². The largest absolute Gasteiger partial charge is 0.451 e. The smallest absolute Gasteiger partial charge is 0.359 e. The molecule has 0 saturated carbocycles. The second kappa shape index (κ2) is 9.67. The Balaban J connectivity index is 1.29. The number of para-hydroxylation sites is 1. The summed E-state index contributed by atoms with van der Waals surface area (Å²) in [6, 6.07) is 9.85. The van der Waals surface area contributed by atoms with Crippen LogP contribution in [0.1, 0.15) is 45.8 Å². The van der Waals surface area contributed by atoms with Crippen molar-refractivity contribution in [2.24, 2.45) is 0 Å². The number of aryl methyl sites for hydroxylation is 1. The van der Waals surface area contributed by atoms with Gasteiger partial charge >= 0.3 is 5.97 Å². The number of carbonyl (C=O) groups excluding carboxylic acids is 2. The highest BCUT2D eigenvalue weighted by molar-refractivity contribution is 7.21. The molecule has 0 unspecified atom stereocenters. The van der Waals surface area contributed by atoms with Gasteiger partial charge in [-0.05, 0) is 43.4 Å². The van der Waals surface area contributed by atoms with Crippen LogP contribution in [0, 0.1) is 11.3 Å². The molecule has 0 radical (unpaired) electrons. The van der Waals surface area contributed by atoms with Gasteiger partial charge in [-0.25, -0.2) is 19.7 Å². The maximum absolute atomic E-state index is 12.8. The lowest BCUT2D eigenvalue weighted by Crippen LogP contribution is -2.21. The Labute approximate surface area is 203 Å². The van der Waals surface area contributed by atoms with Crippen LogP contribution < -0.4 is 5.32 Å². The SMILES string of the molecule is N#Cc1c(NC(=O)COC(=O)c2nccnc2-c2nc3ccccc3s2)sc2c1CCCCC2. The minimum Gasteiger partial charge on any atom is -0.451 e. The van der Waals surface area contributed by atoms with Crippen molar-refractivity contribution in [3.05, 3.63) is 58.4 Å². The molecule has 34 heavy (non-hydrogen) atoms. The summed E-state index contributed by atoms with van der Waals surface area (Å²) in [5.41, 5.74) is 2.67. The number of amides is 1. The molecule has 1 aliphatic rings. The Morgan fingerprint density at radius 1 is 1.09 bits per heavy atom. The van der Waals surface area contributed by atoms with Gasteiger partial charge < -0.3 is 10.1 Å².